The van der Waals surface area contributed by atoms with Crippen LogP contribution < -0.4 is 21.3 Å². The Morgan fingerprint density at radius 1 is 0.918 bits per heavy atom. The lowest BCUT2D eigenvalue weighted by Crippen LogP contribution is -2.54. The highest BCUT2D eigenvalue weighted by molar-refractivity contribution is 6.25. The van der Waals surface area contributed by atoms with Crippen molar-refractivity contribution in [3.63, 3.8) is 0 Å². The Morgan fingerprint density at radius 2 is 1.74 bits per heavy atom. The number of fused-ring (bicyclic) bond motifs is 2. The third-order valence-corrected chi connectivity index (χ3v) is 11.5. The molecule has 0 radical (unpaired) electrons. The number of anilines is 3. The number of benzene rings is 2. The van der Waals surface area contributed by atoms with E-state index in [1.807, 2.05) is 15.5 Å². The molecule has 0 bridgehead atoms. The zero-order valence-electron chi connectivity index (χ0n) is 33.1. The molecule has 314 valence electrons. The van der Waals surface area contributed by atoms with Crippen molar-refractivity contribution in [2.24, 2.45) is 0 Å². The number of aromatic amines is 1. The highest BCUT2D eigenvalue weighted by Gasteiger charge is 2.45. The molecule has 3 aliphatic heterocycles. The maximum atomic E-state index is 15.6. The summed E-state index contributed by atoms with van der Waals surface area (Å²) in [5, 5.41) is 18.3. The third kappa shape index (κ3) is 8.03. The standard InChI is InChI=1S/C42H43FN12O6/c43-28-18-25(8-9-29(28)49-37-38-46-21-33(26-19-47-48-20-26)54(38)22-31(50-37)24-6-7-24)40(59)53-16-14-52(15-17-53)23-35(57)45-13-2-1-12-44-30-5-3-4-27-36(30)42(61)55(41(27)60)32-10-11-34(56)51-39(32)58/h3-5,8-9,18-22,24,32,44H,1-2,6-7,10-17,23H2,(H,45,57)(H,47,48)(H,49,50)(H,51,56,58). The number of carbonyl (C=O) groups is 6. The van der Waals surface area contributed by atoms with Gasteiger partial charge in [0.15, 0.2) is 11.5 Å². The summed E-state index contributed by atoms with van der Waals surface area (Å²) >= 11 is 0. The van der Waals surface area contributed by atoms with Crippen molar-refractivity contribution >= 4 is 58.3 Å². The first-order valence-electron chi connectivity index (χ1n) is 20.4. The molecule has 3 fully saturated rings. The van der Waals surface area contributed by atoms with Gasteiger partial charge in [0.1, 0.15) is 11.9 Å². The SMILES string of the molecule is O=C(CN1CCN(C(=O)c2ccc(Nc3nc(C4CC4)cn4c(-c5cn[nH]c5)cnc34)c(F)c2)CC1)NCCCCNc1cccc2c1C(=O)N(C1CCC(=O)NC1=O)C2=O. The van der Waals surface area contributed by atoms with Crippen LogP contribution in [0, 0.1) is 5.82 Å². The molecule has 19 heteroatoms. The second kappa shape index (κ2) is 16.6. The number of imidazole rings is 1. The van der Waals surface area contributed by atoms with E-state index in [1.54, 1.807) is 47.8 Å². The Kier molecular flexibility index (Phi) is 10.7. The van der Waals surface area contributed by atoms with Gasteiger partial charge in [-0.15, -0.1) is 0 Å². The first-order valence-corrected chi connectivity index (χ1v) is 20.4. The largest absolute Gasteiger partial charge is 0.384 e. The average molecular weight is 831 g/mol. The van der Waals surface area contributed by atoms with Crippen LogP contribution in [0.5, 0.6) is 0 Å². The summed E-state index contributed by atoms with van der Waals surface area (Å²) in [5.74, 6) is -2.50. The lowest BCUT2D eigenvalue weighted by molar-refractivity contribution is -0.136. The van der Waals surface area contributed by atoms with Gasteiger partial charge in [-0.1, -0.05) is 6.07 Å². The summed E-state index contributed by atoms with van der Waals surface area (Å²) in [6.07, 6.45) is 10.7. The van der Waals surface area contributed by atoms with E-state index in [0.29, 0.717) is 75.2 Å². The number of imide groups is 2. The predicted octanol–water partition coefficient (Wildman–Crippen LogP) is 3.05. The number of nitrogens with zero attached hydrogens (tertiary/aromatic N) is 7. The van der Waals surface area contributed by atoms with E-state index in [9.17, 15) is 28.8 Å². The van der Waals surface area contributed by atoms with Crippen LogP contribution in [0.4, 0.5) is 21.6 Å². The van der Waals surface area contributed by atoms with Crippen LogP contribution in [0.3, 0.4) is 0 Å². The van der Waals surface area contributed by atoms with Crippen LogP contribution >= 0.6 is 0 Å². The fraction of sp³-hybridized carbons (Fsp3) is 0.357. The molecule has 0 spiro atoms. The molecule has 2 aromatic carbocycles. The van der Waals surface area contributed by atoms with Gasteiger partial charge in [0, 0.05) is 80.8 Å². The minimum absolute atomic E-state index is 0.0455. The highest BCUT2D eigenvalue weighted by Crippen LogP contribution is 2.41. The summed E-state index contributed by atoms with van der Waals surface area (Å²) in [6, 6.07) is 8.24. The van der Waals surface area contributed by atoms with Crippen LogP contribution in [0.2, 0.25) is 0 Å². The monoisotopic (exact) mass is 830 g/mol. The number of carbonyl (C=O) groups excluding carboxylic acids is 6. The number of hydrogen-bond donors (Lipinski definition) is 5. The maximum Gasteiger partial charge on any atom is 0.264 e. The van der Waals surface area contributed by atoms with Crippen LogP contribution in [0.25, 0.3) is 16.9 Å². The normalized spacial score (nSPS) is 18.1. The number of nitrogens with one attached hydrogen (secondary N) is 5. The Morgan fingerprint density at radius 3 is 2.49 bits per heavy atom. The van der Waals surface area contributed by atoms with Gasteiger partial charge in [-0.05, 0) is 62.4 Å². The molecule has 4 aliphatic rings. The lowest BCUT2D eigenvalue weighted by Gasteiger charge is -2.34. The summed E-state index contributed by atoms with van der Waals surface area (Å²) in [7, 11) is 0. The Bertz CT molecular complexity index is 2560. The van der Waals surface area contributed by atoms with Crippen molar-refractivity contribution < 1.29 is 33.2 Å². The molecule has 61 heavy (non-hydrogen) atoms. The van der Waals surface area contributed by atoms with Crippen LogP contribution in [0.1, 0.15) is 81.2 Å². The number of H-pyrrole nitrogens is 1. The smallest absolute Gasteiger partial charge is 0.264 e. The number of piperidine rings is 1. The van der Waals surface area contributed by atoms with Gasteiger partial charge in [0.25, 0.3) is 17.7 Å². The van der Waals surface area contributed by atoms with Gasteiger partial charge in [0.05, 0.1) is 47.1 Å². The first kappa shape index (κ1) is 39.4. The number of amides is 6. The summed E-state index contributed by atoms with van der Waals surface area (Å²) < 4.78 is 17.5. The molecule has 1 saturated carbocycles. The van der Waals surface area contributed by atoms with E-state index < -0.39 is 35.5 Å². The molecule has 6 heterocycles. The minimum Gasteiger partial charge on any atom is -0.384 e. The molecule has 1 unspecified atom stereocenters. The van der Waals surface area contributed by atoms with Gasteiger partial charge in [0.2, 0.25) is 17.7 Å². The predicted molar refractivity (Wildman–Crippen MR) is 218 cm³/mol. The van der Waals surface area contributed by atoms with Crippen molar-refractivity contribution in [2.45, 2.75) is 50.5 Å². The number of aromatic nitrogens is 5. The molecule has 1 aliphatic carbocycles. The lowest BCUT2D eigenvalue weighted by atomic mass is 10.0. The van der Waals surface area contributed by atoms with Crippen molar-refractivity contribution in [1.29, 1.82) is 0 Å². The average Bonchev–Trinajstić information content (AvgIpc) is 3.68. The second-order valence-electron chi connectivity index (χ2n) is 15.7. The van der Waals surface area contributed by atoms with Gasteiger partial charge in [-0.2, -0.15) is 5.10 Å². The number of halogens is 1. The molecule has 3 aromatic heterocycles. The van der Waals surface area contributed by atoms with Gasteiger partial charge in [-0.3, -0.25) is 53.4 Å². The van der Waals surface area contributed by atoms with Crippen molar-refractivity contribution in [1.82, 2.24) is 49.9 Å². The molecule has 5 N–H and O–H groups in total. The summed E-state index contributed by atoms with van der Waals surface area (Å²) in [5.41, 5.74) is 4.40. The van der Waals surface area contributed by atoms with E-state index in [2.05, 4.69) is 36.4 Å². The van der Waals surface area contributed by atoms with Crippen molar-refractivity contribution in [3.05, 3.63) is 89.4 Å². The second-order valence-corrected chi connectivity index (χ2v) is 15.7. The van der Waals surface area contributed by atoms with E-state index >= 15 is 4.39 Å². The van der Waals surface area contributed by atoms with Crippen LogP contribution in [-0.4, -0.2) is 127 Å². The molecule has 1 atom stereocenters. The van der Waals surface area contributed by atoms with E-state index in [1.165, 1.54) is 12.1 Å². The molecular weight excluding hydrogens is 788 g/mol. The van der Waals surface area contributed by atoms with Crippen molar-refractivity contribution in [3.8, 4) is 11.3 Å². The number of hydrogen-bond acceptors (Lipinski definition) is 12. The summed E-state index contributed by atoms with van der Waals surface area (Å²) in [4.78, 5) is 90.5. The van der Waals surface area contributed by atoms with E-state index in [-0.39, 0.29) is 53.6 Å². The first-order chi connectivity index (χ1) is 29.6. The van der Waals surface area contributed by atoms with E-state index in [0.717, 1.165) is 34.7 Å². The van der Waals surface area contributed by atoms with Crippen LogP contribution in [0.15, 0.2) is 61.2 Å². The molecule has 2 saturated heterocycles. The minimum atomic E-state index is -1.04. The zero-order valence-corrected chi connectivity index (χ0v) is 33.1. The molecule has 9 rings (SSSR count). The molecule has 6 amide bonds. The molecular formula is C42H43FN12O6. The van der Waals surface area contributed by atoms with Gasteiger partial charge < -0.3 is 20.9 Å². The maximum absolute atomic E-state index is 15.6. The van der Waals surface area contributed by atoms with Gasteiger partial charge >= 0.3 is 0 Å². The molecule has 5 aromatic rings. The van der Waals surface area contributed by atoms with E-state index in [4.69, 9.17) is 4.98 Å². The van der Waals surface area contributed by atoms with Gasteiger partial charge in [-0.25, -0.2) is 14.4 Å². The van der Waals surface area contributed by atoms with Crippen LogP contribution in [-0.2, 0) is 14.4 Å². The highest BCUT2D eigenvalue weighted by atomic mass is 19.1. The fourth-order valence-corrected chi connectivity index (χ4v) is 8.06. The Labute approximate surface area is 348 Å². The Balaban J connectivity index is 0.715. The number of piperazine rings is 1. The zero-order chi connectivity index (χ0) is 42.2. The fourth-order valence-electron chi connectivity index (χ4n) is 8.06. The topological polar surface area (TPSA) is 219 Å². The number of rotatable bonds is 14. The third-order valence-electron chi connectivity index (χ3n) is 11.5. The summed E-state index contributed by atoms with van der Waals surface area (Å²) in [6.45, 7) is 2.82. The Hall–Kier alpha value is -7.02. The van der Waals surface area contributed by atoms with Crippen molar-refractivity contribution in [2.75, 3.05) is 56.4 Å². The number of unbranched alkanes of at least 4 members (excludes halogenated alkanes) is 1. The molecule has 18 nitrogen and oxygen atoms in total. The quantitative estimate of drug-likeness (QED) is 0.0806.